The number of amides is 2. The second-order valence-corrected chi connectivity index (χ2v) is 6.39. The van der Waals surface area contributed by atoms with Gasteiger partial charge in [-0.25, -0.2) is 0 Å². The molecule has 132 valence electrons. The first kappa shape index (κ1) is 19.0. The van der Waals surface area contributed by atoms with Gasteiger partial charge in [-0.15, -0.1) is 0 Å². The van der Waals surface area contributed by atoms with E-state index in [1.54, 1.807) is 29.2 Å². The summed E-state index contributed by atoms with van der Waals surface area (Å²) >= 11 is 5.80. The van der Waals surface area contributed by atoms with Crippen molar-refractivity contribution < 1.29 is 9.59 Å². The first-order valence-corrected chi connectivity index (χ1v) is 8.71. The molecule has 1 unspecified atom stereocenters. The molecule has 4 nitrogen and oxygen atoms in total. The molecule has 5 heteroatoms. The molecule has 2 aromatic carbocycles. The minimum absolute atomic E-state index is 0.0253. The van der Waals surface area contributed by atoms with Crippen LogP contribution in [-0.2, 0) is 4.79 Å². The molecule has 0 spiro atoms. The summed E-state index contributed by atoms with van der Waals surface area (Å²) in [6, 6.07) is 16.7. The van der Waals surface area contributed by atoms with E-state index in [9.17, 15) is 9.59 Å². The standard InChI is InChI=1S/C20H23ClN2O2/c1-15(16-7-4-3-5-8-16)23(2)19(24)9-6-14-22-20(25)17-10-12-18(21)13-11-17/h3-5,7-8,10-13,15H,6,9,14H2,1-2H3,(H,22,25). The summed E-state index contributed by atoms with van der Waals surface area (Å²) in [5.74, 6) is -0.0905. The Labute approximate surface area is 153 Å². The van der Waals surface area contributed by atoms with E-state index >= 15 is 0 Å². The Bertz CT molecular complexity index is 701. The van der Waals surface area contributed by atoms with Crippen LogP contribution in [0, 0.1) is 0 Å². The van der Waals surface area contributed by atoms with Crippen LogP contribution in [0.1, 0.15) is 41.7 Å². The van der Waals surface area contributed by atoms with Crippen LogP contribution in [0.25, 0.3) is 0 Å². The first-order valence-electron chi connectivity index (χ1n) is 8.33. The number of carbonyl (C=O) groups excluding carboxylic acids is 2. The van der Waals surface area contributed by atoms with Crippen molar-refractivity contribution in [3.63, 3.8) is 0 Å². The van der Waals surface area contributed by atoms with Gasteiger partial charge in [-0.1, -0.05) is 41.9 Å². The summed E-state index contributed by atoms with van der Waals surface area (Å²) in [6.45, 7) is 2.47. The van der Waals surface area contributed by atoms with E-state index in [0.717, 1.165) is 5.56 Å². The van der Waals surface area contributed by atoms with Crippen LogP contribution in [0.2, 0.25) is 5.02 Å². The van der Waals surface area contributed by atoms with Gasteiger partial charge in [0.25, 0.3) is 5.91 Å². The Hall–Kier alpha value is -2.33. The van der Waals surface area contributed by atoms with Crippen LogP contribution in [0.3, 0.4) is 0 Å². The number of nitrogens with one attached hydrogen (secondary N) is 1. The summed E-state index contributed by atoms with van der Waals surface area (Å²) in [4.78, 5) is 26.0. The normalized spacial score (nSPS) is 11.6. The fraction of sp³-hybridized carbons (Fsp3) is 0.300. The number of hydrogen-bond donors (Lipinski definition) is 1. The van der Waals surface area contributed by atoms with E-state index in [0.29, 0.717) is 30.0 Å². The van der Waals surface area contributed by atoms with Crippen LogP contribution in [0.5, 0.6) is 0 Å². The number of hydrogen-bond acceptors (Lipinski definition) is 2. The molecule has 0 aliphatic rings. The monoisotopic (exact) mass is 358 g/mol. The molecule has 25 heavy (non-hydrogen) atoms. The van der Waals surface area contributed by atoms with Crippen LogP contribution < -0.4 is 5.32 Å². The molecule has 1 N–H and O–H groups in total. The third-order valence-electron chi connectivity index (χ3n) is 4.22. The van der Waals surface area contributed by atoms with E-state index in [2.05, 4.69) is 5.32 Å². The molecule has 2 rings (SSSR count). The zero-order valence-electron chi connectivity index (χ0n) is 14.5. The predicted octanol–water partition coefficient (Wildman–Crippen LogP) is 4.07. The van der Waals surface area contributed by atoms with Gasteiger partial charge in [0.1, 0.15) is 0 Å². The maximum Gasteiger partial charge on any atom is 0.251 e. The summed E-state index contributed by atoms with van der Waals surface area (Å²) in [6.07, 6.45) is 0.999. The Morgan fingerprint density at radius 3 is 2.36 bits per heavy atom. The lowest BCUT2D eigenvalue weighted by Gasteiger charge is -2.25. The SMILES string of the molecule is CC(c1ccccc1)N(C)C(=O)CCCNC(=O)c1ccc(Cl)cc1. The van der Waals surface area contributed by atoms with Crippen molar-refractivity contribution in [2.75, 3.05) is 13.6 Å². The number of nitrogens with zero attached hydrogens (tertiary/aromatic N) is 1. The van der Waals surface area contributed by atoms with Gasteiger partial charge in [-0.2, -0.15) is 0 Å². The molecular formula is C20H23ClN2O2. The summed E-state index contributed by atoms with van der Waals surface area (Å²) in [5, 5.41) is 3.42. The third kappa shape index (κ3) is 5.61. The topological polar surface area (TPSA) is 49.4 Å². The predicted molar refractivity (Wildman–Crippen MR) is 101 cm³/mol. The Balaban J connectivity index is 1.74. The van der Waals surface area contributed by atoms with E-state index in [-0.39, 0.29) is 17.9 Å². The van der Waals surface area contributed by atoms with Gasteiger partial charge < -0.3 is 10.2 Å². The summed E-state index contributed by atoms with van der Waals surface area (Å²) in [7, 11) is 1.81. The number of halogens is 1. The maximum atomic E-state index is 12.3. The molecular weight excluding hydrogens is 336 g/mol. The zero-order chi connectivity index (χ0) is 18.2. The van der Waals surface area contributed by atoms with E-state index < -0.39 is 0 Å². The van der Waals surface area contributed by atoms with Crippen molar-refractivity contribution in [3.05, 3.63) is 70.7 Å². The van der Waals surface area contributed by atoms with Gasteiger partial charge in [0.15, 0.2) is 0 Å². The lowest BCUT2D eigenvalue weighted by molar-refractivity contribution is -0.131. The molecule has 1 atom stereocenters. The highest BCUT2D eigenvalue weighted by atomic mass is 35.5. The lowest BCUT2D eigenvalue weighted by atomic mass is 10.1. The molecule has 0 aliphatic heterocycles. The maximum absolute atomic E-state index is 12.3. The van der Waals surface area contributed by atoms with Gasteiger partial charge in [-0.05, 0) is 43.2 Å². The van der Waals surface area contributed by atoms with Crippen LogP contribution >= 0.6 is 11.6 Å². The van der Waals surface area contributed by atoms with Gasteiger partial charge in [0.05, 0.1) is 6.04 Å². The van der Waals surface area contributed by atoms with Gasteiger partial charge in [0.2, 0.25) is 5.91 Å². The van der Waals surface area contributed by atoms with E-state index in [1.165, 1.54) is 0 Å². The summed E-state index contributed by atoms with van der Waals surface area (Å²) in [5.41, 5.74) is 1.67. The van der Waals surface area contributed by atoms with Crippen molar-refractivity contribution in [2.45, 2.75) is 25.8 Å². The van der Waals surface area contributed by atoms with Crippen molar-refractivity contribution in [3.8, 4) is 0 Å². The minimum Gasteiger partial charge on any atom is -0.352 e. The average Bonchev–Trinajstić information content (AvgIpc) is 2.65. The van der Waals surface area contributed by atoms with Crippen molar-refractivity contribution in [1.82, 2.24) is 10.2 Å². The number of rotatable bonds is 7. The van der Waals surface area contributed by atoms with Crippen LogP contribution in [-0.4, -0.2) is 30.3 Å². The van der Waals surface area contributed by atoms with Crippen molar-refractivity contribution >= 4 is 23.4 Å². The van der Waals surface area contributed by atoms with E-state index in [4.69, 9.17) is 11.6 Å². The first-order chi connectivity index (χ1) is 12.0. The highest BCUT2D eigenvalue weighted by Crippen LogP contribution is 2.19. The molecule has 0 radical (unpaired) electrons. The van der Waals surface area contributed by atoms with Crippen molar-refractivity contribution in [2.24, 2.45) is 0 Å². The van der Waals surface area contributed by atoms with Crippen molar-refractivity contribution in [1.29, 1.82) is 0 Å². The largest absolute Gasteiger partial charge is 0.352 e. The minimum atomic E-state index is -0.157. The fourth-order valence-corrected chi connectivity index (χ4v) is 2.62. The molecule has 0 aliphatic carbocycles. The molecule has 0 aromatic heterocycles. The van der Waals surface area contributed by atoms with Gasteiger partial charge >= 0.3 is 0 Å². The average molecular weight is 359 g/mol. The lowest BCUT2D eigenvalue weighted by Crippen LogP contribution is -2.31. The molecule has 0 fully saturated rings. The molecule has 0 saturated heterocycles. The quantitative estimate of drug-likeness (QED) is 0.758. The smallest absolute Gasteiger partial charge is 0.251 e. The Morgan fingerprint density at radius 2 is 1.72 bits per heavy atom. The second-order valence-electron chi connectivity index (χ2n) is 5.96. The Kier molecular flexibility index (Phi) is 7.02. The molecule has 0 heterocycles. The van der Waals surface area contributed by atoms with Gasteiger partial charge in [0, 0.05) is 30.6 Å². The fourth-order valence-electron chi connectivity index (χ4n) is 2.49. The molecule has 0 bridgehead atoms. The van der Waals surface area contributed by atoms with E-state index in [1.807, 2.05) is 44.3 Å². The second kappa shape index (κ2) is 9.23. The highest BCUT2D eigenvalue weighted by molar-refractivity contribution is 6.30. The number of carbonyl (C=O) groups is 2. The van der Waals surface area contributed by atoms with Gasteiger partial charge in [-0.3, -0.25) is 9.59 Å². The van der Waals surface area contributed by atoms with Crippen LogP contribution in [0.4, 0.5) is 0 Å². The highest BCUT2D eigenvalue weighted by Gasteiger charge is 2.16. The number of benzene rings is 2. The summed E-state index contributed by atoms with van der Waals surface area (Å²) < 4.78 is 0. The molecule has 2 aromatic rings. The molecule has 2 amide bonds. The Morgan fingerprint density at radius 1 is 1.08 bits per heavy atom. The molecule has 0 saturated carbocycles. The third-order valence-corrected chi connectivity index (χ3v) is 4.47. The van der Waals surface area contributed by atoms with Crippen LogP contribution in [0.15, 0.2) is 54.6 Å². The zero-order valence-corrected chi connectivity index (χ0v) is 15.3.